The largest absolute Gasteiger partial charge is 0.311 e. The molecule has 2 heteroatoms. The Bertz CT molecular complexity index is 269. The van der Waals surface area contributed by atoms with E-state index >= 15 is 0 Å². The molecule has 1 atom stereocenters. The third-order valence-electron chi connectivity index (χ3n) is 4.64. The maximum absolute atomic E-state index is 5.59. The van der Waals surface area contributed by atoms with Crippen molar-refractivity contribution in [3.05, 3.63) is 0 Å². The van der Waals surface area contributed by atoms with Crippen molar-refractivity contribution in [2.45, 2.75) is 64.0 Å². The van der Waals surface area contributed by atoms with Gasteiger partial charge in [-0.3, -0.25) is 0 Å². The van der Waals surface area contributed by atoms with Crippen LogP contribution in [-0.2, 0) is 0 Å². The van der Waals surface area contributed by atoms with Crippen LogP contribution in [0.5, 0.6) is 0 Å². The molecule has 1 unspecified atom stereocenters. The van der Waals surface area contributed by atoms with E-state index in [1.807, 2.05) is 0 Å². The van der Waals surface area contributed by atoms with Crippen LogP contribution in [0.2, 0.25) is 0 Å². The molecule has 104 valence electrons. The first kappa shape index (κ1) is 15.5. The van der Waals surface area contributed by atoms with Crippen molar-refractivity contribution in [2.75, 3.05) is 20.6 Å². The van der Waals surface area contributed by atoms with E-state index < -0.39 is 0 Å². The van der Waals surface area contributed by atoms with Gasteiger partial charge in [-0.15, -0.1) is 12.3 Å². The van der Waals surface area contributed by atoms with Crippen LogP contribution in [0.4, 0.5) is 0 Å². The lowest BCUT2D eigenvalue weighted by atomic mass is 9.71. The lowest BCUT2D eigenvalue weighted by Gasteiger charge is -2.49. The fraction of sp³-hybridized carbons (Fsp3) is 0.875. The predicted octanol–water partition coefficient (Wildman–Crippen LogP) is 2.89. The summed E-state index contributed by atoms with van der Waals surface area (Å²) in [5.41, 5.74) is 0.258. The molecule has 0 aromatic rings. The number of rotatable bonds is 6. The quantitative estimate of drug-likeness (QED) is 0.729. The van der Waals surface area contributed by atoms with Crippen molar-refractivity contribution in [2.24, 2.45) is 5.92 Å². The molecule has 1 fully saturated rings. The predicted molar refractivity (Wildman–Crippen MR) is 79.6 cm³/mol. The van der Waals surface area contributed by atoms with Gasteiger partial charge in [0.15, 0.2) is 0 Å². The zero-order valence-corrected chi connectivity index (χ0v) is 12.6. The maximum Gasteiger partial charge on any atom is 0.0365 e. The van der Waals surface area contributed by atoms with E-state index in [0.29, 0.717) is 6.04 Å². The van der Waals surface area contributed by atoms with Gasteiger partial charge in [-0.1, -0.05) is 13.8 Å². The molecular formula is C16H30N2. The third kappa shape index (κ3) is 3.49. The van der Waals surface area contributed by atoms with Crippen LogP contribution in [0, 0.1) is 18.3 Å². The van der Waals surface area contributed by atoms with E-state index in [9.17, 15) is 0 Å². The van der Waals surface area contributed by atoms with Gasteiger partial charge in [-0.2, -0.15) is 0 Å². The van der Waals surface area contributed by atoms with Crippen molar-refractivity contribution in [1.29, 1.82) is 0 Å². The van der Waals surface area contributed by atoms with Gasteiger partial charge in [0, 0.05) is 18.0 Å². The summed E-state index contributed by atoms with van der Waals surface area (Å²) in [6, 6.07) is 0.435. The molecule has 2 nitrogen and oxygen atoms in total. The molecular weight excluding hydrogens is 220 g/mol. The smallest absolute Gasteiger partial charge is 0.0365 e. The molecule has 0 bridgehead atoms. The second-order valence-electron chi connectivity index (χ2n) is 6.10. The Hall–Kier alpha value is -0.520. The van der Waals surface area contributed by atoms with Crippen LogP contribution in [-0.4, -0.2) is 37.1 Å². The second kappa shape index (κ2) is 7.16. The van der Waals surface area contributed by atoms with Gasteiger partial charge in [0.2, 0.25) is 0 Å². The Labute approximate surface area is 114 Å². The fourth-order valence-corrected chi connectivity index (χ4v) is 3.26. The molecule has 1 N–H and O–H groups in total. The lowest BCUT2D eigenvalue weighted by molar-refractivity contribution is 0.0451. The Kier molecular flexibility index (Phi) is 6.18. The van der Waals surface area contributed by atoms with Crippen molar-refractivity contribution < 1.29 is 0 Å². The van der Waals surface area contributed by atoms with E-state index in [2.05, 4.69) is 44.1 Å². The average Bonchev–Trinajstić information content (AvgIpc) is 2.35. The van der Waals surface area contributed by atoms with Gasteiger partial charge in [0.25, 0.3) is 0 Å². The molecule has 0 radical (unpaired) electrons. The molecule has 0 aromatic carbocycles. The Balaban J connectivity index is 2.82. The highest BCUT2D eigenvalue weighted by Crippen LogP contribution is 2.38. The number of likely N-dealkylation sites (N-methyl/N-ethyl adjacent to an activating group) is 1. The van der Waals surface area contributed by atoms with E-state index in [-0.39, 0.29) is 5.54 Å². The summed E-state index contributed by atoms with van der Waals surface area (Å²) in [7, 11) is 4.43. The zero-order chi connectivity index (χ0) is 13.6. The van der Waals surface area contributed by atoms with Crippen LogP contribution < -0.4 is 5.32 Å². The number of hydrogen-bond acceptors (Lipinski definition) is 2. The van der Waals surface area contributed by atoms with Gasteiger partial charge in [-0.05, 0) is 58.7 Å². The lowest BCUT2D eigenvalue weighted by Crippen LogP contribution is -2.60. The van der Waals surface area contributed by atoms with E-state index in [1.54, 1.807) is 0 Å². The first-order chi connectivity index (χ1) is 8.56. The summed E-state index contributed by atoms with van der Waals surface area (Å²) in [5, 5.41) is 3.69. The van der Waals surface area contributed by atoms with Gasteiger partial charge in [-0.25, -0.2) is 0 Å². The standard InChI is InChI=1S/C16H30N2/c1-6-8-15(17-13-7-2)16(18(4)5)11-9-14(3)10-12-16/h1,14-15,17H,7-13H2,2-5H3. The Morgan fingerprint density at radius 1 is 1.39 bits per heavy atom. The zero-order valence-electron chi connectivity index (χ0n) is 12.6. The van der Waals surface area contributed by atoms with Crippen molar-refractivity contribution in [3.63, 3.8) is 0 Å². The van der Waals surface area contributed by atoms with E-state index in [4.69, 9.17) is 6.42 Å². The highest BCUT2D eigenvalue weighted by Gasteiger charge is 2.42. The Morgan fingerprint density at radius 2 is 2.00 bits per heavy atom. The first-order valence-corrected chi connectivity index (χ1v) is 7.41. The second-order valence-corrected chi connectivity index (χ2v) is 6.10. The monoisotopic (exact) mass is 250 g/mol. The van der Waals surface area contributed by atoms with Crippen LogP contribution in [0.15, 0.2) is 0 Å². The van der Waals surface area contributed by atoms with Crippen molar-refractivity contribution >= 4 is 0 Å². The van der Waals surface area contributed by atoms with E-state index in [1.165, 1.54) is 32.1 Å². The molecule has 18 heavy (non-hydrogen) atoms. The van der Waals surface area contributed by atoms with Crippen molar-refractivity contribution in [1.82, 2.24) is 10.2 Å². The fourth-order valence-electron chi connectivity index (χ4n) is 3.26. The minimum atomic E-state index is 0.258. The molecule has 0 saturated heterocycles. The molecule has 0 aliphatic heterocycles. The minimum Gasteiger partial charge on any atom is -0.311 e. The molecule has 1 rings (SSSR count). The summed E-state index contributed by atoms with van der Waals surface area (Å²) in [6.07, 6.45) is 12.8. The van der Waals surface area contributed by atoms with Crippen LogP contribution in [0.25, 0.3) is 0 Å². The van der Waals surface area contributed by atoms with Crippen LogP contribution >= 0.6 is 0 Å². The van der Waals surface area contributed by atoms with Gasteiger partial charge < -0.3 is 10.2 Å². The Morgan fingerprint density at radius 3 is 2.44 bits per heavy atom. The molecule has 1 aliphatic rings. The summed E-state index contributed by atoms with van der Waals surface area (Å²) < 4.78 is 0. The average molecular weight is 250 g/mol. The molecule has 1 aliphatic carbocycles. The molecule has 0 spiro atoms. The van der Waals surface area contributed by atoms with Crippen molar-refractivity contribution in [3.8, 4) is 12.3 Å². The van der Waals surface area contributed by atoms with Gasteiger partial charge >= 0.3 is 0 Å². The topological polar surface area (TPSA) is 15.3 Å². The maximum atomic E-state index is 5.59. The number of nitrogens with one attached hydrogen (secondary N) is 1. The summed E-state index contributed by atoms with van der Waals surface area (Å²) in [4.78, 5) is 2.42. The normalized spacial score (nSPS) is 30.1. The van der Waals surface area contributed by atoms with Gasteiger partial charge in [0.1, 0.15) is 0 Å². The highest BCUT2D eigenvalue weighted by atomic mass is 15.2. The first-order valence-electron chi connectivity index (χ1n) is 7.41. The van der Waals surface area contributed by atoms with E-state index in [0.717, 1.165) is 18.9 Å². The minimum absolute atomic E-state index is 0.258. The molecule has 0 aromatic heterocycles. The summed E-state index contributed by atoms with van der Waals surface area (Å²) in [5.74, 6) is 3.75. The van der Waals surface area contributed by atoms with Crippen LogP contribution in [0.3, 0.4) is 0 Å². The number of nitrogens with zero attached hydrogens (tertiary/aromatic N) is 1. The summed E-state index contributed by atoms with van der Waals surface area (Å²) in [6.45, 7) is 5.65. The molecule has 0 heterocycles. The third-order valence-corrected chi connectivity index (χ3v) is 4.64. The highest BCUT2D eigenvalue weighted by molar-refractivity contribution is 5.06. The van der Waals surface area contributed by atoms with Crippen LogP contribution in [0.1, 0.15) is 52.4 Å². The SMILES string of the molecule is C#CCC(NCCC)C1(N(C)C)CCC(C)CC1. The van der Waals surface area contributed by atoms with Gasteiger partial charge in [0.05, 0.1) is 0 Å². The number of terminal acetylenes is 1. The molecule has 1 saturated carbocycles. The number of hydrogen-bond donors (Lipinski definition) is 1. The summed E-state index contributed by atoms with van der Waals surface area (Å²) >= 11 is 0. The molecule has 0 amide bonds.